The molecule has 1 aliphatic rings. The first-order valence-corrected chi connectivity index (χ1v) is 7.48. The summed E-state index contributed by atoms with van der Waals surface area (Å²) in [6, 6.07) is 15.9. The Labute approximate surface area is 134 Å². The van der Waals surface area contributed by atoms with Gasteiger partial charge in [-0.3, -0.25) is 0 Å². The van der Waals surface area contributed by atoms with E-state index in [-0.39, 0.29) is 0 Å². The van der Waals surface area contributed by atoms with Gasteiger partial charge in [0.1, 0.15) is 6.04 Å². The standard InChI is InChI=1S/C17H17ClN2O2/c1-12-16(13-6-4-3-5-7-13)20(22)17(2,19(12)21)14-8-10-15(18)11-9-14/h3-12,21H,1-2H3/t12-,17+/m0/s1. The van der Waals surface area contributed by atoms with Gasteiger partial charge in [-0.15, -0.1) is 5.06 Å². The number of halogens is 1. The topological polar surface area (TPSA) is 49.5 Å². The zero-order valence-corrected chi connectivity index (χ0v) is 13.2. The highest BCUT2D eigenvalue weighted by atomic mass is 35.5. The molecule has 3 rings (SSSR count). The third-order valence-corrected chi connectivity index (χ3v) is 4.54. The van der Waals surface area contributed by atoms with Crippen molar-refractivity contribution in [3.8, 4) is 0 Å². The molecule has 0 amide bonds. The van der Waals surface area contributed by atoms with Crippen LogP contribution in [-0.4, -0.2) is 26.8 Å². The van der Waals surface area contributed by atoms with Crippen LogP contribution < -0.4 is 0 Å². The highest BCUT2D eigenvalue weighted by Crippen LogP contribution is 2.36. The molecule has 1 heterocycles. The molecule has 2 atom stereocenters. The van der Waals surface area contributed by atoms with Crippen molar-refractivity contribution in [2.24, 2.45) is 0 Å². The maximum absolute atomic E-state index is 13.0. The van der Waals surface area contributed by atoms with E-state index < -0.39 is 11.7 Å². The maximum atomic E-state index is 13.0. The Bertz CT molecular complexity index is 715. The van der Waals surface area contributed by atoms with Gasteiger partial charge < -0.3 is 10.4 Å². The van der Waals surface area contributed by atoms with Crippen LogP contribution in [0.2, 0.25) is 5.02 Å². The quantitative estimate of drug-likeness (QED) is 0.680. The van der Waals surface area contributed by atoms with Crippen LogP contribution >= 0.6 is 11.6 Å². The molecule has 1 aliphatic heterocycles. The van der Waals surface area contributed by atoms with Crippen molar-refractivity contribution >= 4 is 17.3 Å². The fourth-order valence-corrected chi connectivity index (χ4v) is 3.10. The van der Waals surface area contributed by atoms with Crippen molar-refractivity contribution in [2.45, 2.75) is 25.6 Å². The number of benzene rings is 2. The van der Waals surface area contributed by atoms with E-state index in [1.807, 2.05) is 37.3 Å². The highest BCUT2D eigenvalue weighted by molar-refractivity contribution is 6.30. The van der Waals surface area contributed by atoms with E-state index in [0.717, 1.165) is 15.4 Å². The molecule has 0 spiro atoms. The van der Waals surface area contributed by atoms with E-state index in [2.05, 4.69) is 0 Å². The second kappa shape index (κ2) is 5.39. The summed E-state index contributed by atoms with van der Waals surface area (Å²) >= 11 is 5.92. The molecule has 0 saturated carbocycles. The van der Waals surface area contributed by atoms with Gasteiger partial charge in [0.05, 0.1) is 0 Å². The van der Waals surface area contributed by atoms with Gasteiger partial charge in [-0.2, -0.15) is 4.74 Å². The van der Waals surface area contributed by atoms with E-state index in [4.69, 9.17) is 11.6 Å². The Morgan fingerprint density at radius 1 is 1.14 bits per heavy atom. The van der Waals surface area contributed by atoms with Crippen LogP contribution in [-0.2, 0) is 5.66 Å². The van der Waals surface area contributed by atoms with Gasteiger partial charge >= 0.3 is 0 Å². The molecular formula is C17H17ClN2O2. The van der Waals surface area contributed by atoms with Crippen molar-refractivity contribution in [1.29, 1.82) is 0 Å². The molecule has 0 unspecified atom stereocenters. The molecule has 114 valence electrons. The molecule has 0 bridgehead atoms. The minimum absolute atomic E-state index is 0.416. The van der Waals surface area contributed by atoms with E-state index in [1.54, 1.807) is 31.2 Å². The minimum Gasteiger partial charge on any atom is -0.622 e. The molecular weight excluding hydrogens is 300 g/mol. The van der Waals surface area contributed by atoms with Crippen molar-refractivity contribution in [1.82, 2.24) is 5.06 Å². The van der Waals surface area contributed by atoms with Crippen LogP contribution in [0.25, 0.3) is 0 Å². The summed E-state index contributed by atoms with van der Waals surface area (Å²) in [7, 11) is 0. The second-order valence-electron chi connectivity index (χ2n) is 5.59. The smallest absolute Gasteiger partial charge is 0.274 e. The lowest BCUT2D eigenvalue weighted by Crippen LogP contribution is -2.45. The van der Waals surface area contributed by atoms with Gasteiger partial charge in [0.2, 0.25) is 5.71 Å². The van der Waals surface area contributed by atoms with Gasteiger partial charge in [-0.05, 0) is 43.3 Å². The number of rotatable bonds is 2. The fraction of sp³-hybridized carbons (Fsp3) is 0.235. The molecule has 2 aromatic rings. The molecule has 2 aromatic carbocycles. The summed E-state index contributed by atoms with van der Waals surface area (Å²) in [6.07, 6.45) is 0. The Morgan fingerprint density at radius 2 is 1.73 bits per heavy atom. The number of hydroxylamine groups is 3. The zero-order chi connectivity index (χ0) is 15.9. The molecule has 0 aromatic heterocycles. The van der Waals surface area contributed by atoms with Gasteiger partial charge in [0.25, 0.3) is 5.66 Å². The Morgan fingerprint density at radius 3 is 2.32 bits per heavy atom. The van der Waals surface area contributed by atoms with Gasteiger partial charge in [-0.25, -0.2) is 0 Å². The summed E-state index contributed by atoms with van der Waals surface area (Å²) in [4.78, 5) is 0. The largest absolute Gasteiger partial charge is 0.622 e. The molecule has 0 saturated heterocycles. The summed E-state index contributed by atoms with van der Waals surface area (Å²) in [5.41, 5.74) is 0.851. The first kappa shape index (κ1) is 15.0. The lowest BCUT2D eigenvalue weighted by atomic mass is 10.0. The Kier molecular flexibility index (Phi) is 3.68. The van der Waals surface area contributed by atoms with Crippen LogP contribution in [0.3, 0.4) is 0 Å². The molecule has 0 radical (unpaired) electrons. The van der Waals surface area contributed by atoms with Crippen molar-refractivity contribution in [2.75, 3.05) is 0 Å². The summed E-state index contributed by atoms with van der Waals surface area (Å²) in [5, 5.41) is 25.3. The third-order valence-electron chi connectivity index (χ3n) is 4.28. The molecule has 0 fully saturated rings. The SMILES string of the molecule is C[C@H]1C(c2ccccc2)=[N+]([O-])[C@](C)(c2ccc(Cl)cc2)N1O. The first-order valence-electron chi connectivity index (χ1n) is 7.10. The predicted octanol–water partition coefficient (Wildman–Crippen LogP) is 3.61. The van der Waals surface area contributed by atoms with Gasteiger partial charge in [0.15, 0.2) is 0 Å². The second-order valence-corrected chi connectivity index (χ2v) is 6.03. The Hall–Kier alpha value is -1.88. The minimum atomic E-state index is -1.19. The van der Waals surface area contributed by atoms with E-state index >= 15 is 0 Å². The highest BCUT2D eigenvalue weighted by Gasteiger charge is 2.54. The van der Waals surface area contributed by atoms with Crippen molar-refractivity contribution in [3.63, 3.8) is 0 Å². The number of hydrogen-bond donors (Lipinski definition) is 1. The first-order chi connectivity index (χ1) is 10.5. The summed E-state index contributed by atoms with van der Waals surface area (Å²) < 4.78 is 0.885. The fourth-order valence-electron chi connectivity index (χ4n) is 2.97. The zero-order valence-electron chi connectivity index (χ0n) is 12.4. The molecule has 5 heteroatoms. The molecule has 22 heavy (non-hydrogen) atoms. The normalized spacial score (nSPS) is 25.7. The van der Waals surface area contributed by atoms with E-state index in [0.29, 0.717) is 16.3 Å². The van der Waals surface area contributed by atoms with Crippen LogP contribution in [0, 0.1) is 5.21 Å². The van der Waals surface area contributed by atoms with Crippen LogP contribution in [0.1, 0.15) is 25.0 Å². The molecule has 4 nitrogen and oxygen atoms in total. The number of hydrogen-bond acceptors (Lipinski definition) is 3. The third kappa shape index (κ3) is 2.11. The molecule has 1 N–H and O–H groups in total. The predicted molar refractivity (Wildman–Crippen MR) is 86.1 cm³/mol. The van der Waals surface area contributed by atoms with Gasteiger partial charge in [-0.1, -0.05) is 29.8 Å². The van der Waals surface area contributed by atoms with Crippen LogP contribution in [0.4, 0.5) is 0 Å². The van der Waals surface area contributed by atoms with Crippen LogP contribution in [0.15, 0.2) is 54.6 Å². The van der Waals surface area contributed by atoms with Crippen molar-refractivity contribution < 1.29 is 9.95 Å². The maximum Gasteiger partial charge on any atom is 0.274 e. The monoisotopic (exact) mass is 316 g/mol. The lowest BCUT2D eigenvalue weighted by molar-refractivity contribution is -0.595. The average Bonchev–Trinajstić information content (AvgIpc) is 2.71. The Balaban J connectivity index is 2.16. The summed E-state index contributed by atoms with van der Waals surface area (Å²) in [6.45, 7) is 3.52. The lowest BCUT2D eigenvalue weighted by Gasteiger charge is -2.29. The molecule has 0 aliphatic carbocycles. The van der Waals surface area contributed by atoms with Crippen LogP contribution in [0.5, 0.6) is 0 Å². The summed E-state index contributed by atoms with van der Waals surface area (Å²) in [5.74, 6) is 0. The van der Waals surface area contributed by atoms with E-state index in [9.17, 15) is 10.4 Å². The van der Waals surface area contributed by atoms with Gasteiger partial charge in [0, 0.05) is 23.1 Å². The average molecular weight is 317 g/mol. The van der Waals surface area contributed by atoms with E-state index in [1.165, 1.54) is 0 Å². The van der Waals surface area contributed by atoms with Crippen molar-refractivity contribution in [3.05, 3.63) is 76.0 Å². The number of nitrogens with zero attached hydrogens (tertiary/aromatic N) is 2.